The van der Waals surface area contributed by atoms with Crippen molar-refractivity contribution in [2.24, 2.45) is 10.9 Å². The lowest BCUT2D eigenvalue weighted by Crippen LogP contribution is -2.45. The maximum Gasteiger partial charge on any atom is 0.219 e. The minimum absolute atomic E-state index is 0.00511. The highest BCUT2D eigenvalue weighted by atomic mass is 19.2. The fourth-order valence-electron chi connectivity index (χ4n) is 3.86. The molecule has 37 heavy (non-hydrogen) atoms. The molecule has 1 amide bonds. The maximum absolute atomic E-state index is 12.9. The van der Waals surface area contributed by atoms with Gasteiger partial charge in [-0.05, 0) is 64.2 Å². The molecule has 0 aliphatic heterocycles. The minimum atomic E-state index is -0.777. The van der Waals surface area contributed by atoms with Gasteiger partial charge in [-0.15, -0.1) is 10.0 Å². The molecule has 1 rings (SSSR count). The molecule has 0 bridgehead atoms. The van der Waals surface area contributed by atoms with Crippen molar-refractivity contribution in [3.63, 3.8) is 0 Å². The van der Waals surface area contributed by atoms with E-state index < -0.39 is 6.04 Å². The number of Topliss-reactive ketones (excluding diaryl/α,β-unsaturated/α-hetero) is 1. The highest BCUT2D eigenvalue weighted by Crippen LogP contribution is 2.15. The van der Waals surface area contributed by atoms with Crippen LogP contribution >= 0.6 is 0 Å². The van der Waals surface area contributed by atoms with Gasteiger partial charge in [-0.1, -0.05) is 39.8 Å². The Bertz CT molecular complexity index is 791. The number of benzene rings is 1. The van der Waals surface area contributed by atoms with Crippen molar-refractivity contribution in [1.82, 2.24) is 15.8 Å². The van der Waals surface area contributed by atoms with Crippen molar-refractivity contribution >= 4 is 17.9 Å². The largest absolute Gasteiger partial charge is 0.492 e. The van der Waals surface area contributed by atoms with Crippen LogP contribution in [-0.4, -0.2) is 67.2 Å². The van der Waals surface area contributed by atoms with Crippen molar-refractivity contribution in [2.45, 2.75) is 98.7 Å². The zero-order chi connectivity index (χ0) is 28.4. The van der Waals surface area contributed by atoms with E-state index in [-0.39, 0.29) is 29.2 Å². The molecular weight excluding hydrogens is 471 g/mol. The van der Waals surface area contributed by atoms with Crippen LogP contribution in [0.4, 0.5) is 4.48 Å². The molecule has 1 aromatic carbocycles. The van der Waals surface area contributed by atoms with Gasteiger partial charge in [0.05, 0.1) is 12.6 Å². The molecule has 0 fully saturated rings. The predicted octanol–water partition coefficient (Wildman–Crippen LogP) is 5.18. The first-order valence-corrected chi connectivity index (χ1v) is 13.5. The second kappa shape index (κ2) is 18.9. The molecule has 2 atom stereocenters. The minimum Gasteiger partial charge on any atom is -0.492 e. The zero-order valence-corrected chi connectivity index (χ0v) is 24.6. The number of amides is 1. The van der Waals surface area contributed by atoms with Crippen LogP contribution in [-0.2, 0) is 16.0 Å². The van der Waals surface area contributed by atoms with Crippen LogP contribution < -0.4 is 15.6 Å². The summed E-state index contributed by atoms with van der Waals surface area (Å²) < 4.78 is 18.8. The molecular formula is C29H51FN4O3. The number of rotatable bonds is 16. The smallest absolute Gasteiger partial charge is 0.219 e. The van der Waals surface area contributed by atoms with Gasteiger partial charge in [0.25, 0.3) is 0 Å². The molecule has 0 spiro atoms. The van der Waals surface area contributed by atoms with E-state index in [0.717, 1.165) is 12.2 Å². The number of carbonyl (C=O) groups is 2. The van der Waals surface area contributed by atoms with Crippen LogP contribution in [0, 0.1) is 5.92 Å². The predicted molar refractivity (Wildman–Crippen MR) is 152 cm³/mol. The van der Waals surface area contributed by atoms with Crippen LogP contribution in [0.1, 0.15) is 80.2 Å². The summed E-state index contributed by atoms with van der Waals surface area (Å²) in [6.07, 6.45) is 4.53. The van der Waals surface area contributed by atoms with E-state index in [1.807, 2.05) is 44.3 Å². The molecule has 0 saturated heterocycles. The number of unbranched alkanes of at least 4 members (excludes halogenated alkanes) is 1. The molecule has 8 heteroatoms. The van der Waals surface area contributed by atoms with Gasteiger partial charge in [0.2, 0.25) is 5.91 Å². The van der Waals surface area contributed by atoms with Gasteiger partial charge in [0.15, 0.2) is 5.78 Å². The molecule has 0 aliphatic rings. The summed E-state index contributed by atoms with van der Waals surface area (Å²) in [6, 6.07) is 7.36. The first-order chi connectivity index (χ1) is 17.5. The molecule has 0 radical (unpaired) electrons. The topological polar surface area (TPSA) is 83.0 Å². The number of nitrogens with one attached hydrogen (secondary N) is 2. The Morgan fingerprint density at radius 3 is 2.22 bits per heavy atom. The lowest BCUT2D eigenvalue weighted by atomic mass is 9.98. The first-order valence-electron chi connectivity index (χ1n) is 13.5. The average molecular weight is 523 g/mol. The molecule has 0 saturated carbocycles. The third kappa shape index (κ3) is 15.5. The van der Waals surface area contributed by atoms with Crippen LogP contribution in [0.2, 0.25) is 0 Å². The Kier molecular flexibility index (Phi) is 17.7. The zero-order valence-electron chi connectivity index (χ0n) is 24.6. The Balaban J connectivity index is 0.00000631. The van der Waals surface area contributed by atoms with E-state index in [4.69, 9.17) is 4.74 Å². The summed E-state index contributed by atoms with van der Waals surface area (Å²) in [4.78, 5) is 29.9. The number of halogens is 1. The summed E-state index contributed by atoms with van der Waals surface area (Å²) in [5, 5.41) is 3.56. The van der Waals surface area contributed by atoms with Gasteiger partial charge < -0.3 is 15.0 Å². The molecule has 2 N–H and O–H groups in total. The Morgan fingerprint density at radius 1 is 1.11 bits per heavy atom. The summed E-state index contributed by atoms with van der Waals surface area (Å²) in [6.45, 7) is 16.9. The molecule has 7 nitrogen and oxygen atoms in total. The normalized spacial score (nSPS) is 13.2. The lowest BCUT2D eigenvalue weighted by molar-refractivity contribution is -0.129. The van der Waals surface area contributed by atoms with Crippen LogP contribution in [0.3, 0.4) is 0 Å². The highest BCUT2D eigenvalue weighted by Gasteiger charge is 2.21. The van der Waals surface area contributed by atoms with E-state index in [9.17, 15) is 14.1 Å². The average Bonchev–Trinajstić information content (AvgIpc) is 2.83. The quantitative estimate of drug-likeness (QED) is 0.178. The summed E-state index contributed by atoms with van der Waals surface area (Å²) in [7, 11) is 1.78. The highest BCUT2D eigenvalue weighted by molar-refractivity contribution is 5.85. The molecule has 0 heterocycles. The molecule has 0 aliphatic carbocycles. The van der Waals surface area contributed by atoms with Gasteiger partial charge in [-0.2, -0.15) is 0 Å². The van der Waals surface area contributed by atoms with E-state index in [2.05, 4.69) is 31.1 Å². The maximum atomic E-state index is 12.9. The van der Waals surface area contributed by atoms with Crippen molar-refractivity contribution < 1.29 is 18.8 Å². The van der Waals surface area contributed by atoms with Crippen molar-refractivity contribution in [1.29, 1.82) is 0 Å². The van der Waals surface area contributed by atoms with Crippen molar-refractivity contribution in [3.8, 4) is 5.75 Å². The number of nitrogens with zero attached hydrogens (tertiary/aromatic N) is 2. The van der Waals surface area contributed by atoms with E-state index in [1.54, 1.807) is 31.3 Å². The lowest BCUT2D eigenvalue weighted by Gasteiger charge is -2.26. The van der Waals surface area contributed by atoms with Gasteiger partial charge in [0, 0.05) is 44.2 Å². The fourth-order valence-corrected chi connectivity index (χ4v) is 3.86. The van der Waals surface area contributed by atoms with Gasteiger partial charge in [0.1, 0.15) is 12.4 Å². The summed E-state index contributed by atoms with van der Waals surface area (Å²) in [5.41, 5.74) is 2.79. The van der Waals surface area contributed by atoms with Gasteiger partial charge in [-0.25, -0.2) is 0 Å². The Hall–Kier alpha value is -2.32. The number of ketones is 1. The monoisotopic (exact) mass is 522 g/mol. The Labute approximate surface area is 224 Å². The molecule has 212 valence electrons. The van der Waals surface area contributed by atoms with Crippen molar-refractivity contribution in [2.75, 3.05) is 26.7 Å². The van der Waals surface area contributed by atoms with E-state index in [0.29, 0.717) is 39.0 Å². The standard InChI is InChI=1S/C27H45FN4O3.C2H6/c1-20(2)26(34)25(31-28)10-8-9-15-32(21(3)33)16-17-35-24-13-11-22(12-14-24)18-23(19-29-7)30-27(4,5)6;1-2/h11-14,19-20,23,25,30-31H,8-10,15-18H2,1-7H3;1-2H3. The molecule has 2 unspecified atom stereocenters. The number of hydrogen-bond acceptors (Lipinski definition) is 6. The van der Waals surface area contributed by atoms with Crippen LogP contribution in [0.25, 0.3) is 0 Å². The SMILES string of the molecule is CC.CN=CC(Cc1ccc(OCCN(CCCCC(NF)C(=O)C(C)C)C(C)=O)cc1)NC(C)(C)C. The summed E-state index contributed by atoms with van der Waals surface area (Å²) >= 11 is 0. The first kappa shape index (κ1) is 34.7. The number of ether oxygens (including phenoxy) is 1. The third-order valence-corrected chi connectivity index (χ3v) is 5.62. The number of hydrogen-bond donors (Lipinski definition) is 2. The van der Waals surface area contributed by atoms with E-state index in [1.165, 1.54) is 12.5 Å². The number of carbonyl (C=O) groups excluding carboxylic acids is 2. The van der Waals surface area contributed by atoms with Gasteiger partial charge >= 0.3 is 0 Å². The van der Waals surface area contributed by atoms with Crippen LogP contribution in [0.5, 0.6) is 5.75 Å². The van der Waals surface area contributed by atoms with Crippen molar-refractivity contribution in [3.05, 3.63) is 29.8 Å². The van der Waals surface area contributed by atoms with Gasteiger partial charge in [-0.3, -0.25) is 14.6 Å². The summed E-state index contributed by atoms with van der Waals surface area (Å²) in [5.74, 6) is 0.382. The third-order valence-electron chi connectivity index (χ3n) is 5.62. The Morgan fingerprint density at radius 2 is 1.73 bits per heavy atom. The number of aliphatic imine (C=N–C) groups is 1. The van der Waals surface area contributed by atoms with E-state index >= 15 is 0 Å². The van der Waals surface area contributed by atoms with Crippen LogP contribution in [0.15, 0.2) is 29.3 Å². The second-order valence-electron chi connectivity index (χ2n) is 10.3. The molecule has 0 aromatic heterocycles. The molecule has 1 aromatic rings. The second-order valence-corrected chi connectivity index (χ2v) is 10.3. The fraction of sp³-hybridized carbons (Fsp3) is 0.690.